The maximum atomic E-state index is 12.9. The number of hydrogen-bond donors (Lipinski definition) is 1. The molecule has 0 heterocycles. The molecule has 5 heteroatoms. The zero-order valence-corrected chi connectivity index (χ0v) is 12.2. The van der Waals surface area contributed by atoms with Gasteiger partial charge < -0.3 is 5.73 Å². The predicted molar refractivity (Wildman–Crippen MR) is 76.5 cm³/mol. The molecule has 0 atom stereocenters. The van der Waals surface area contributed by atoms with E-state index in [0.717, 1.165) is 29.7 Å². The summed E-state index contributed by atoms with van der Waals surface area (Å²) in [6, 6.07) is 4.75. The molecule has 94 valence electrons. The van der Waals surface area contributed by atoms with Crippen LogP contribution in [0, 0.1) is 5.82 Å². The third-order valence-electron chi connectivity index (χ3n) is 2.53. The van der Waals surface area contributed by atoms with Crippen molar-refractivity contribution >= 4 is 33.1 Å². The quantitative estimate of drug-likeness (QED) is 0.817. The highest BCUT2D eigenvalue weighted by atomic mass is 79.9. The Bertz CT molecular complexity index is 398. The number of nitrogens with two attached hydrogens (primary N) is 1. The second-order valence-electron chi connectivity index (χ2n) is 3.82. The Hall–Kier alpha value is -0.520. The first-order valence-corrected chi connectivity index (χ1v) is 6.67. The molecule has 17 heavy (non-hydrogen) atoms. The molecule has 0 radical (unpaired) electrons. The van der Waals surface area contributed by atoms with E-state index in [2.05, 4.69) is 27.8 Å². The Morgan fingerprint density at radius 2 is 2.24 bits per heavy atom. The minimum atomic E-state index is -0.230. The molecule has 1 rings (SSSR count). The van der Waals surface area contributed by atoms with Gasteiger partial charge in [0.05, 0.1) is 4.99 Å². The molecule has 1 aromatic rings. The van der Waals surface area contributed by atoms with Crippen molar-refractivity contribution in [2.45, 2.75) is 19.9 Å². The maximum Gasteiger partial charge on any atom is 0.124 e. The Kier molecular flexibility index (Phi) is 6.02. The van der Waals surface area contributed by atoms with Gasteiger partial charge in [0.25, 0.3) is 0 Å². The predicted octanol–water partition coefficient (Wildman–Crippen LogP) is 3.09. The monoisotopic (exact) mass is 318 g/mol. The van der Waals surface area contributed by atoms with E-state index in [0.29, 0.717) is 11.4 Å². The van der Waals surface area contributed by atoms with Crippen LogP contribution in [0.4, 0.5) is 4.39 Å². The molecule has 0 saturated carbocycles. The summed E-state index contributed by atoms with van der Waals surface area (Å²) in [5.41, 5.74) is 6.55. The lowest BCUT2D eigenvalue weighted by atomic mass is 10.2. The van der Waals surface area contributed by atoms with Crippen LogP contribution in [0.5, 0.6) is 0 Å². The minimum Gasteiger partial charge on any atom is -0.393 e. The highest BCUT2D eigenvalue weighted by molar-refractivity contribution is 9.10. The van der Waals surface area contributed by atoms with Crippen LogP contribution in [0.1, 0.15) is 18.9 Å². The van der Waals surface area contributed by atoms with Crippen LogP contribution in [0.3, 0.4) is 0 Å². The van der Waals surface area contributed by atoms with Crippen molar-refractivity contribution in [3.8, 4) is 0 Å². The van der Waals surface area contributed by atoms with Crippen molar-refractivity contribution in [2.24, 2.45) is 5.73 Å². The average Bonchev–Trinajstić information content (AvgIpc) is 2.26. The van der Waals surface area contributed by atoms with Crippen molar-refractivity contribution < 1.29 is 4.39 Å². The van der Waals surface area contributed by atoms with Gasteiger partial charge in [-0.25, -0.2) is 4.39 Å². The molecule has 1 aromatic carbocycles. The van der Waals surface area contributed by atoms with Crippen molar-refractivity contribution in [1.82, 2.24) is 4.90 Å². The van der Waals surface area contributed by atoms with Crippen molar-refractivity contribution in [2.75, 3.05) is 13.1 Å². The summed E-state index contributed by atoms with van der Waals surface area (Å²) in [7, 11) is 0. The van der Waals surface area contributed by atoms with E-state index in [1.54, 1.807) is 6.07 Å². The van der Waals surface area contributed by atoms with Gasteiger partial charge in [0.2, 0.25) is 0 Å². The highest BCUT2D eigenvalue weighted by Crippen LogP contribution is 2.19. The summed E-state index contributed by atoms with van der Waals surface area (Å²) in [5, 5.41) is 0. The average molecular weight is 319 g/mol. The van der Waals surface area contributed by atoms with E-state index in [-0.39, 0.29) is 5.82 Å². The molecule has 0 unspecified atom stereocenters. The second-order valence-corrected chi connectivity index (χ2v) is 5.20. The topological polar surface area (TPSA) is 29.3 Å². The molecule has 0 aliphatic rings. The van der Waals surface area contributed by atoms with Crippen LogP contribution >= 0.6 is 28.1 Å². The van der Waals surface area contributed by atoms with Gasteiger partial charge in [-0.05, 0) is 24.2 Å². The van der Waals surface area contributed by atoms with Crippen molar-refractivity contribution in [3.63, 3.8) is 0 Å². The smallest absolute Gasteiger partial charge is 0.124 e. The van der Waals surface area contributed by atoms with E-state index < -0.39 is 0 Å². The van der Waals surface area contributed by atoms with Gasteiger partial charge in [0.1, 0.15) is 5.82 Å². The largest absolute Gasteiger partial charge is 0.393 e. The van der Waals surface area contributed by atoms with Crippen LogP contribution in [0.25, 0.3) is 0 Å². The van der Waals surface area contributed by atoms with Gasteiger partial charge in [-0.15, -0.1) is 0 Å². The first-order valence-electron chi connectivity index (χ1n) is 5.47. The van der Waals surface area contributed by atoms with Crippen LogP contribution in [0.2, 0.25) is 0 Å². The van der Waals surface area contributed by atoms with E-state index in [4.69, 9.17) is 18.0 Å². The third kappa shape index (κ3) is 5.10. The number of nitrogens with zero attached hydrogens (tertiary/aromatic N) is 1. The molecule has 2 nitrogen and oxygen atoms in total. The summed E-state index contributed by atoms with van der Waals surface area (Å²) in [6.45, 7) is 4.58. The third-order valence-corrected chi connectivity index (χ3v) is 3.47. The number of rotatable bonds is 6. The minimum absolute atomic E-state index is 0.230. The fraction of sp³-hybridized carbons (Fsp3) is 0.417. The summed E-state index contributed by atoms with van der Waals surface area (Å²) < 4.78 is 13.7. The number of thiocarbonyl (C=S) groups is 1. The van der Waals surface area contributed by atoms with Gasteiger partial charge in [0, 0.05) is 24.0 Å². The van der Waals surface area contributed by atoms with Gasteiger partial charge in [0.15, 0.2) is 0 Å². The molecule has 0 bridgehead atoms. The Morgan fingerprint density at radius 3 is 2.76 bits per heavy atom. The molecule has 2 N–H and O–H groups in total. The number of hydrogen-bond acceptors (Lipinski definition) is 2. The molecular formula is C12H16BrFN2S. The summed E-state index contributed by atoms with van der Waals surface area (Å²) in [5.74, 6) is -0.230. The molecular weight excluding hydrogens is 303 g/mol. The van der Waals surface area contributed by atoms with Crippen LogP contribution in [-0.2, 0) is 6.54 Å². The normalized spacial score (nSPS) is 10.8. The first kappa shape index (κ1) is 14.5. The summed E-state index contributed by atoms with van der Waals surface area (Å²) >= 11 is 8.23. The van der Waals surface area contributed by atoms with Gasteiger partial charge in [-0.3, -0.25) is 4.90 Å². The Morgan fingerprint density at radius 1 is 1.53 bits per heavy atom. The van der Waals surface area contributed by atoms with Crippen molar-refractivity contribution in [3.05, 3.63) is 34.1 Å². The molecule has 0 amide bonds. The first-order chi connectivity index (χ1) is 8.02. The number of benzene rings is 1. The Balaban J connectivity index is 2.63. The lowest BCUT2D eigenvalue weighted by molar-refractivity contribution is 0.288. The summed E-state index contributed by atoms with van der Waals surface area (Å²) in [6.07, 6.45) is 0.710. The molecule has 0 aliphatic carbocycles. The standard InChI is InChI=1S/C12H16BrFN2S/c1-2-16(6-5-12(15)17)8-9-3-4-10(14)7-11(9)13/h3-4,7H,2,5-6,8H2,1H3,(H2,15,17). The van der Waals surface area contributed by atoms with Crippen LogP contribution in [-0.4, -0.2) is 23.0 Å². The van der Waals surface area contributed by atoms with E-state index in [1.165, 1.54) is 12.1 Å². The highest BCUT2D eigenvalue weighted by Gasteiger charge is 2.07. The molecule has 0 fully saturated rings. The number of halogens is 2. The molecule has 0 aliphatic heterocycles. The van der Waals surface area contributed by atoms with Gasteiger partial charge in [-0.1, -0.05) is 41.1 Å². The molecule has 0 saturated heterocycles. The van der Waals surface area contributed by atoms with Gasteiger partial charge >= 0.3 is 0 Å². The van der Waals surface area contributed by atoms with E-state index in [9.17, 15) is 4.39 Å². The fourth-order valence-electron chi connectivity index (χ4n) is 1.51. The molecule has 0 aromatic heterocycles. The summed E-state index contributed by atoms with van der Waals surface area (Å²) in [4.78, 5) is 2.75. The molecule has 0 spiro atoms. The van der Waals surface area contributed by atoms with E-state index >= 15 is 0 Å². The van der Waals surface area contributed by atoms with Gasteiger partial charge in [-0.2, -0.15) is 0 Å². The van der Waals surface area contributed by atoms with Crippen molar-refractivity contribution in [1.29, 1.82) is 0 Å². The zero-order valence-electron chi connectivity index (χ0n) is 9.75. The lowest BCUT2D eigenvalue weighted by Gasteiger charge is -2.20. The second kappa shape index (κ2) is 7.03. The maximum absolute atomic E-state index is 12.9. The Labute approximate surface area is 115 Å². The fourth-order valence-corrected chi connectivity index (χ4v) is 2.08. The van der Waals surface area contributed by atoms with E-state index in [1.807, 2.05) is 0 Å². The zero-order chi connectivity index (χ0) is 12.8. The SMILES string of the molecule is CCN(CCC(N)=S)Cc1ccc(F)cc1Br. The lowest BCUT2D eigenvalue weighted by Crippen LogP contribution is -2.27. The van der Waals surface area contributed by atoms with Crippen LogP contribution in [0.15, 0.2) is 22.7 Å². The van der Waals surface area contributed by atoms with Crippen LogP contribution < -0.4 is 5.73 Å².